The molecule has 0 aliphatic rings. The minimum Gasteiger partial charge on any atom is -0.488 e. The van der Waals surface area contributed by atoms with Crippen LogP contribution in [0.2, 0.25) is 0 Å². The van der Waals surface area contributed by atoms with E-state index in [9.17, 15) is 9.18 Å². The van der Waals surface area contributed by atoms with Crippen molar-refractivity contribution in [2.24, 2.45) is 0 Å². The van der Waals surface area contributed by atoms with Gasteiger partial charge in [-0.15, -0.1) is 0 Å². The number of carbonyl (C=O) groups excluding carboxylic acids is 1. The van der Waals surface area contributed by atoms with E-state index in [1.807, 2.05) is 32.0 Å². The van der Waals surface area contributed by atoms with Gasteiger partial charge in [0.25, 0.3) is 5.91 Å². The number of ether oxygens (including phenoxy) is 1. The zero-order chi connectivity index (χ0) is 19.6. The predicted molar refractivity (Wildman–Crippen MR) is 101 cm³/mol. The van der Waals surface area contributed by atoms with Crippen molar-refractivity contribution < 1.29 is 18.4 Å². The Morgan fingerprint density at radius 3 is 2.63 bits per heavy atom. The summed E-state index contributed by atoms with van der Waals surface area (Å²) >= 11 is 0. The molecule has 6 heteroatoms. The summed E-state index contributed by atoms with van der Waals surface area (Å²) in [6.07, 6.45) is 0. The summed E-state index contributed by atoms with van der Waals surface area (Å²) in [6, 6.07) is 10.1. The number of halogens is 1. The van der Waals surface area contributed by atoms with Crippen LogP contribution in [0.3, 0.4) is 0 Å². The largest absolute Gasteiger partial charge is 0.488 e. The van der Waals surface area contributed by atoms with E-state index in [-0.39, 0.29) is 18.1 Å². The van der Waals surface area contributed by atoms with Crippen molar-refractivity contribution in [3.05, 3.63) is 75.9 Å². The van der Waals surface area contributed by atoms with E-state index < -0.39 is 5.91 Å². The van der Waals surface area contributed by atoms with Crippen LogP contribution in [0.25, 0.3) is 0 Å². The Kier molecular flexibility index (Phi) is 5.26. The molecule has 0 saturated heterocycles. The average Bonchev–Trinajstić information content (AvgIpc) is 2.99. The van der Waals surface area contributed by atoms with Gasteiger partial charge in [0.05, 0.1) is 5.56 Å². The summed E-state index contributed by atoms with van der Waals surface area (Å²) in [4.78, 5) is 12.6. The van der Waals surface area contributed by atoms with Gasteiger partial charge in [0.15, 0.2) is 5.69 Å². The molecule has 0 spiro atoms. The number of amides is 1. The lowest BCUT2D eigenvalue weighted by molar-refractivity contribution is 0.101. The van der Waals surface area contributed by atoms with Gasteiger partial charge in [-0.25, -0.2) is 4.39 Å². The summed E-state index contributed by atoms with van der Waals surface area (Å²) in [5, 5.41) is 6.61. The van der Waals surface area contributed by atoms with Crippen LogP contribution >= 0.6 is 0 Å². The molecule has 0 unspecified atom stereocenters. The van der Waals surface area contributed by atoms with Crippen LogP contribution in [-0.4, -0.2) is 11.1 Å². The van der Waals surface area contributed by atoms with E-state index in [1.54, 1.807) is 13.8 Å². The first kappa shape index (κ1) is 18.6. The first-order valence-corrected chi connectivity index (χ1v) is 8.58. The Morgan fingerprint density at radius 1 is 1.11 bits per heavy atom. The van der Waals surface area contributed by atoms with Crippen LogP contribution in [-0.2, 0) is 6.61 Å². The molecular formula is C21H21FN2O3. The van der Waals surface area contributed by atoms with Crippen molar-refractivity contribution in [2.75, 3.05) is 5.32 Å². The van der Waals surface area contributed by atoms with Crippen LogP contribution in [0.5, 0.6) is 5.75 Å². The second-order valence-corrected chi connectivity index (χ2v) is 6.54. The smallest absolute Gasteiger partial charge is 0.278 e. The van der Waals surface area contributed by atoms with E-state index in [4.69, 9.17) is 9.26 Å². The highest BCUT2D eigenvalue weighted by Crippen LogP contribution is 2.23. The number of benzene rings is 2. The summed E-state index contributed by atoms with van der Waals surface area (Å²) in [7, 11) is 0. The molecule has 0 saturated carbocycles. The molecule has 1 aromatic heterocycles. The van der Waals surface area contributed by atoms with Crippen molar-refractivity contribution in [2.45, 2.75) is 34.3 Å². The average molecular weight is 368 g/mol. The van der Waals surface area contributed by atoms with Crippen LogP contribution in [0, 0.1) is 33.5 Å². The number of nitrogens with zero attached hydrogens (tertiary/aromatic N) is 1. The normalized spacial score (nSPS) is 10.7. The molecule has 3 rings (SSSR count). The molecule has 1 amide bonds. The third kappa shape index (κ3) is 4.16. The molecule has 0 fully saturated rings. The second kappa shape index (κ2) is 7.61. The predicted octanol–water partition coefficient (Wildman–Crippen LogP) is 4.88. The number of nitrogens with one attached hydrogen (secondary N) is 1. The van der Waals surface area contributed by atoms with Crippen molar-refractivity contribution in [1.82, 2.24) is 5.16 Å². The van der Waals surface area contributed by atoms with E-state index in [2.05, 4.69) is 10.5 Å². The molecule has 0 radical (unpaired) electrons. The summed E-state index contributed by atoms with van der Waals surface area (Å²) in [6.45, 7) is 7.55. The maximum Gasteiger partial charge on any atom is 0.278 e. The Bertz CT molecular complexity index is 995. The fourth-order valence-electron chi connectivity index (χ4n) is 2.70. The van der Waals surface area contributed by atoms with Gasteiger partial charge in [-0.3, -0.25) is 4.79 Å². The monoisotopic (exact) mass is 368 g/mol. The van der Waals surface area contributed by atoms with Crippen LogP contribution in [0.1, 0.15) is 38.5 Å². The van der Waals surface area contributed by atoms with E-state index in [1.165, 1.54) is 18.2 Å². The standard InChI is InChI=1S/C21H21FN2O3/c1-12-5-6-13(2)19(9-12)26-11-17-15(4)27-24-20(17)21(25)23-18-8-7-16(22)10-14(18)3/h5-10H,11H2,1-4H3,(H,23,25). The number of anilines is 1. The summed E-state index contributed by atoms with van der Waals surface area (Å²) in [5.41, 5.74) is 3.96. The molecule has 27 heavy (non-hydrogen) atoms. The van der Waals surface area contributed by atoms with Crippen LogP contribution in [0.15, 0.2) is 40.9 Å². The van der Waals surface area contributed by atoms with Gasteiger partial charge in [-0.2, -0.15) is 0 Å². The fraction of sp³-hybridized carbons (Fsp3) is 0.238. The zero-order valence-electron chi connectivity index (χ0n) is 15.7. The van der Waals surface area contributed by atoms with Crippen molar-refractivity contribution in [1.29, 1.82) is 0 Å². The molecule has 3 aromatic rings. The van der Waals surface area contributed by atoms with Gasteiger partial charge in [-0.05, 0) is 68.7 Å². The van der Waals surface area contributed by atoms with Crippen LogP contribution < -0.4 is 10.1 Å². The van der Waals surface area contributed by atoms with Gasteiger partial charge in [0, 0.05) is 5.69 Å². The SMILES string of the molecule is Cc1ccc(C)c(OCc2c(C(=O)Nc3ccc(F)cc3C)noc2C)c1. The number of aromatic nitrogens is 1. The third-order valence-corrected chi connectivity index (χ3v) is 4.35. The molecule has 5 nitrogen and oxygen atoms in total. The van der Waals surface area contributed by atoms with E-state index in [0.717, 1.165) is 16.9 Å². The maximum atomic E-state index is 13.2. The molecule has 1 heterocycles. The van der Waals surface area contributed by atoms with Crippen molar-refractivity contribution in [3.63, 3.8) is 0 Å². The molecule has 2 aromatic carbocycles. The fourth-order valence-corrected chi connectivity index (χ4v) is 2.70. The molecule has 1 N–H and O–H groups in total. The molecular weight excluding hydrogens is 347 g/mol. The Balaban J connectivity index is 1.79. The zero-order valence-corrected chi connectivity index (χ0v) is 15.7. The highest BCUT2D eigenvalue weighted by Gasteiger charge is 2.21. The topological polar surface area (TPSA) is 64.4 Å². The third-order valence-electron chi connectivity index (χ3n) is 4.35. The Hall–Kier alpha value is -3.15. The molecule has 0 aliphatic heterocycles. The molecule has 0 bridgehead atoms. The van der Waals surface area contributed by atoms with E-state index >= 15 is 0 Å². The quantitative estimate of drug-likeness (QED) is 0.697. The van der Waals surface area contributed by atoms with Crippen molar-refractivity contribution >= 4 is 11.6 Å². The minimum atomic E-state index is -0.430. The highest BCUT2D eigenvalue weighted by atomic mass is 19.1. The lowest BCUT2D eigenvalue weighted by atomic mass is 10.1. The Labute approximate surface area is 157 Å². The summed E-state index contributed by atoms with van der Waals surface area (Å²) < 4.78 is 24.3. The first-order chi connectivity index (χ1) is 12.8. The summed E-state index contributed by atoms with van der Waals surface area (Å²) in [5.74, 6) is 0.476. The lowest BCUT2D eigenvalue weighted by Crippen LogP contribution is -2.16. The molecule has 140 valence electrons. The van der Waals surface area contributed by atoms with E-state index in [0.29, 0.717) is 22.6 Å². The van der Waals surface area contributed by atoms with Gasteiger partial charge in [0.2, 0.25) is 0 Å². The van der Waals surface area contributed by atoms with Gasteiger partial charge >= 0.3 is 0 Å². The number of rotatable bonds is 5. The lowest BCUT2D eigenvalue weighted by Gasteiger charge is -2.11. The maximum absolute atomic E-state index is 13.2. The van der Waals surface area contributed by atoms with Crippen LogP contribution in [0.4, 0.5) is 10.1 Å². The van der Waals surface area contributed by atoms with Gasteiger partial charge in [-0.1, -0.05) is 17.3 Å². The number of aryl methyl sites for hydroxylation is 4. The number of hydrogen-bond donors (Lipinski definition) is 1. The van der Waals surface area contributed by atoms with Crippen molar-refractivity contribution in [3.8, 4) is 5.75 Å². The number of carbonyl (C=O) groups is 1. The number of hydrogen-bond acceptors (Lipinski definition) is 4. The highest BCUT2D eigenvalue weighted by molar-refractivity contribution is 6.04. The molecule has 0 atom stereocenters. The second-order valence-electron chi connectivity index (χ2n) is 6.54. The minimum absolute atomic E-state index is 0.154. The van der Waals surface area contributed by atoms with Gasteiger partial charge < -0.3 is 14.6 Å². The Morgan fingerprint density at radius 2 is 1.89 bits per heavy atom. The molecule has 0 aliphatic carbocycles. The first-order valence-electron chi connectivity index (χ1n) is 8.58. The van der Waals surface area contributed by atoms with Gasteiger partial charge in [0.1, 0.15) is 23.9 Å².